The predicted molar refractivity (Wildman–Crippen MR) is 101 cm³/mol. The van der Waals surface area contributed by atoms with Crippen LogP contribution in [-0.2, 0) is 14.4 Å². The minimum absolute atomic E-state index is 0.0652. The Morgan fingerprint density at radius 2 is 1.96 bits per heavy atom. The van der Waals surface area contributed by atoms with Crippen molar-refractivity contribution in [3.8, 4) is 0 Å². The summed E-state index contributed by atoms with van der Waals surface area (Å²) in [6.45, 7) is 0.318. The zero-order chi connectivity index (χ0) is 19.6. The van der Waals surface area contributed by atoms with E-state index in [0.29, 0.717) is 24.4 Å². The van der Waals surface area contributed by atoms with Crippen LogP contribution in [0.2, 0.25) is 5.02 Å². The van der Waals surface area contributed by atoms with Gasteiger partial charge in [0.1, 0.15) is 6.04 Å². The molecule has 0 bridgehead atoms. The van der Waals surface area contributed by atoms with Gasteiger partial charge in [0.05, 0.1) is 4.91 Å². The van der Waals surface area contributed by atoms with Crippen molar-refractivity contribution in [1.82, 2.24) is 9.80 Å². The molecule has 9 heteroatoms. The van der Waals surface area contributed by atoms with Crippen molar-refractivity contribution in [2.24, 2.45) is 0 Å². The van der Waals surface area contributed by atoms with Crippen LogP contribution in [0.5, 0.6) is 0 Å². The summed E-state index contributed by atoms with van der Waals surface area (Å²) in [7, 11) is 0. The lowest BCUT2D eigenvalue weighted by molar-refractivity contribution is -0.148. The van der Waals surface area contributed by atoms with Crippen LogP contribution in [0.1, 0.15) is 24.8 Å². The first-order valence-electron chi connectivity index (χ1n) is 8.40. The highest BCUT2D eigenvalue weighted by molar-refractivity contribution is 8.18. The monoisotopic (exact) mass is 408 g/mol. The molecule has 2 fully saturated rings. The maximum atomic E-state index is 12.5. The molecule has 27 heavy (non-hydrogen) atoms. The molecule has 142 valence electrons. The van der Waals surface area contributed by atoms with E-state index < -0.39 is 23.2 Å². The standard InChI is InChI=1S/C18H17ClN2O5S/c19-12-5-3-11(4-6-12)10-14-16(23)21(18(26)27-14)9-7-15(22)20-8-1-2-13(20)17(24)25/h3-6,10,13H,1-2,7-9H2,(H,24,25)/b14-10-/t13-/m0/s1. The number of likely N-dealkylation sites (tertiary alicyclic amines) is 1. The van der Waals surface area contributed by atoms with E-state index in [9.17, 15) is 19.2 Å². The number of hydrogen-bond acceptors (Lipinski definition) is 5. The van der Waals surface area contributed by atoms with Gasteiger partial charge in [0.2, 0.25) is 5.91 Å². The molecule has 2 saturated heterocycles. The smallest absolute Gasteiger partial charge is 0.326 e. The fraction of sp³-hybridized carbons (Fsp3) is 0.333. The summed E-state index contributed by atoms with van der Waals surface area (Å²) in [4.78, 5) is 50.7. The maximum absolute atomic E-state index is 12.5. The Kier molecular flexibility index (Phi) is 5.86. The van der Waals surface area contributed by atoms with Gasteiger partial charge >= 0.3 is 5.97 Å². The van der Waals surface area contributed by atoms with E-state index in [1.54, 1.807) is 30.3 Å². The number of imide groups is 1. The second-order valence-electron chi connectivity index (χ2n) is 6.22. The third-order valence-electron chi connectivity index (χ3n) is 4.45. The van der Waals surface area contributed by atoms with Crippen LogP contribution < -0.4 is 0 Å². The lowest BCUT2D eigenvalue weighted by Gasteiger charge is -2.22. The van der Waals surface area contributed by atoms with Crippen molar-refractivity contribution in [1.29, 1.82) is 0 Å². The SMILES string of the molecule is O=C(O)[C@@H]1CCCN1C(=O)CCN1C(=O)S/C(=C\c2ccc(Cl)cc2)C1=O. The number of nitrogens with zero attached hydrogens (tertiary/aromatic N) is 2. The number of thioether (sulfide) groups is 1. The first kappa shape index (κ1) is 19.4. The van der Waals surface area contributed by atoms with E-state index >= 15 is 0 Å². The van der Waals surface area contributed by atoms with Crippen molar-refractivity contribution >= 4 is 52.5 Å². The van der Waals surface area contributed by atoms with Gasteiger partial charge in [0, 0.05) is 24.5 Å². The summed E-state index contributed by atoms with van der Waals surface area (Å²) in [5.74, 6) is -1.84. The van der Waals surface area contributed by atoms with Crippen molar-refractivity contribution < 1.29 is 24.3 Å². The molecule has 0 unspecified atom stereocenters. The number of carboxylic acid groups (broad SMARTS) is 1. The maximum Gasteiger partial charge on any atom is 0.326 e. The average molecular weight is 409 g/mol. The van der Waals surface area contributed by atoms with Gasteiger partial charge in [-0.05, 0) is 48.4 Å². The quantitative estimate of drug-likeness (QED) is 0.753. The highest BCUT2D eigenvalue weighted by Gasteiger charge is 2.37. The second-order valence-corrected chi connectivity index (χ2v) is 7.65. The molecule has 2 heterocycles. The number of rotatable bonds is 5. The highest BCUT2D eigenvalue weighted by atomic mass is 35.5. The largest absolute Gasteiger partial charge is 0.480 e. The molecular weight excluding hydrogens is 392 g/mol. The fourth-order valence-electron chi connectivity index (χ4n) is 3.08. The lowest BCUT2D eigenvalue weighted by Crippen LogP contribution is -2.42. The minimum Gasteiger partial charge on any atom is -0.480 e. The molecule has 0 spiro atoms. The van der Waals surface area contributed by atoms with Gasteiger partial charge in [-0.1, -0.05) is 23.7 Å². The van der Waals surface area contributed by atoms with E-state index in [0.717, 1.165) is 22.2 Å². The van der Waals surface area contributed by atoms with Gasteiger partial charge < -0.3 is 10.0 Å². The Hall–Kier alpha value is -2.32. The molecule has 0 saturated carbocycles. The molecule has 2 aliphatic rings. The minimum atomic E-state index is -1.03. The van der Waals surface area contributed by atoms with Gasteiger partial charge in [-0.3, -0.25) is 19.3 Å². The Morgan fingerprint density at radius 1 is 1.26 bits per heavy atom. The van der Waals surface area contributed by atoms with Gasteiger partial charge in [-0.15, -0.1) is 0 Å². The first-order chi connectivity index (χ1) is 12.9. The molecule has 0 aromatic heterocycles. The molecule has 0 aliphatic carbocycles. The lowest BCUT2D eigenvalue weighted by atomic mass is 10.2. The van der Waals surface area contributed by atoms with E-state index in [4.69, 9.17) is 16.7 Å². The number of benzene rings is 1. The van der Waals surface area contributed by atoms with Crippen LogP contribution in [0.25, 0.3) is 6.08 Å². The van der Waals surface area contributed by atoms with E-state index in [2.05, 4.69) is 0 Å². The molecule has 0 radical (unpaired) electrons. The summed E-state index contributed by atoms with van der Waals surface area (Å²) in [5, 5.41) is 9.29. The Labute approximate surface area is 164 Å². The molecule has 3 amide bonds. The number of carbonyl (C=O) groups excluding carboxylic acids is 3. The summed E-state index contributed by atoms with van der Waals surface area (Å²) < 4.78 is 0. The molecule has 1 aromatic carbocycles. The third-order valence-corrected chi connectivity index (χ3v) is 5.61. The van der Waals surface area contributed by atoms with Crippen molar-refractivity contribution in [2.45, 2.75) is 25.3 Å². The van der Waals surface area contributed by atoms with Gasteiger partial charge in [0.15, 0.2) is 0 Å². The molecule has 2 aliphatic heterocycles. The Balaban J connectivity index is 1.63. The van der Waals surface area contributed by atoms with Gasteiger partial charge in [-0.2, -0.15) is 0 Å². The molecule has 1 atom stereocenters. The summed E-state index contributed by atoms with van der Waals surface area (Å²) in [5.41, 5.74) is 0.738. The molecule has 1 N–H and O–H groups in total. The van der Waals surface area contributed by atoms with Crippen LogP contribution >= 0.6 is 23.4 Å². The van der Waals surface area contributed by atoms with Crippen molar-refractivity contribution in [3.05, 3.63) is 39.8 Å². The number of halogens is 1. The normalized spacial score (nSPS) is 21.4. The van der Waals surface area contributed by atoms with Crippen molar-refractivity contribution in [2.75, 3.05) is 13.1 Å². The first-order valence-corrected chi connectivity index (χ1v) is 9.59. The molecule has 1 aromatic rings. The van der Waals surface area contributed by atoms with Crippen LogP contribution in [0.15, 0.2) is 29.2 Å². The number of hydrogen-bond donors (Lipinski definition) is 1. The Morgan fingerprint density at radius 3 is 2.63 bits per heavy atom. The predicted octanol–water partition coefficient (Wildman–Crippen LogP) is 2.84. The molecule has 7 nitrogen and oxygen atoms in total. The summed E-state index contributed by atoms with van der Waals surface area (Å²) in [6, 6.07) is 6.02. The summed E-state index contributed by atoms with van der Waals surface area (Å²) in [6.07, 6.45) is 2.57. The number of aliphatic carboxylic acids is 1. The third kappa shape index (κ3) is 4.33. The van der Waals surface area contributed by atoms with Crippen LogP contribution in [0.4, 0.5) is 4.79 Å². The average Bonchev–Trinajstić information content (AvgIpc) is 3.21. The van der Waals surface area contributed by atoms with E-state index in [-0.39, 0.29) is 23.8 Å². The highest BCUT2D eigenvalue weighted by Crippen LogP contribution is 2.32. The van der Waals surface area contributed by atoms with Crippen LogP contribution in [0.3, 0.4) is 0 Å². The second kappa shape index (κ2) is 8.14. The number of carbonyl (C=O) groups is 4. The van der Waals surface area contributed by atoms with Crippen LogP contribution in [-0.4, -0.2) is 57.1 Å². The topological polar surface area (TPSA) is 95.0 Å². The molecule has 3 rings (SSSR count). The summed E-state index contributed by atoms with van der Waals surface area (Å²) >= 11 is 6.65. The fourth-order valence-corrected chi connectivity index (χ4v) is 4.07. The zero-order valence-electron chi connectivity index (χ0n) is 14.3. The van der Waals surface area contributed by atoms with E-state index in [1.165, 1.54) is 4.90 Å². The van der Waals surface area contributed by atoms with E-state index in [1.807, 2.05) is 0 Å². The van der Waals surface area contributed by atoms with Crippen LogP contribution in [0, 0.1) is 0 Å². The Bertz CT molecular complexity index is 824. The zero-order valence-corrected chi connectivity index (χ0v) is 15.8. The number of amides is 3. The van der Waals surface area contributed by atoms with Gasteiger partial charge in [0.25, 0.3) is 11.1 Å². The van der Waals surface area contributed by atoms with Crippen molar-refractivity contribution in [3.63, 3.8) is 0 Å². The molecular formula is C18H17ClN2O5S. The number of carboxylic acids is 1. The van der Waals surface area contributed by atoms with Gasteiger partial charge in [-0.25, -0.2) is 4.79 Å².